The van der Waals surface area contributed by atoms with Crippen LogP contribution in [0.15, 0.2) is 57.5 Å². The van der Waals surface area contributed by atoms with Crippen molar-refractivity contribution in [2.45, 2.75) is 0 Å². The van der Waals surface area contributed by atoms with E-state index >= 15 is 0 Å². The highest BCUT2D eigenvalue weighted by atomic mass is 79.9. The lowest BCUT2D eigenvalue weighted by Gasteiger charge is -2.09. The zero-order valence-corrected chi connectivity index (χ0v) is 15.9. The molecule has 134 valence electrons. The molecule has 26 heavy (non-hydrogen) atoms. The first kappa shape index (κ1) is 18.0. The van der Waals surface area contributed by atoms with Gasteiger partial charge in [-0.25, -0.2) is 0 Å². The van der Waals surface area contributed by atoms with E-state index in [9.17, 15) is 4.79 Å². The van der Waals surface area contributed by atoms with Gasteiger partial charge in [0.15, 0.2) is 17.3 Å². The summed E-state index contributed by atoms with van der Waals surface area (Å²) in [4.78, 5) is 12.4. The SMILES string of the molecule is COc1ccc(C(=O)CNc2cc(-c3ccc(Br)cc3)no2)cc1OC. The first-order valence-corrected chi connectivity index (χ1v) is 8.62. The number of nitrogens with one attached hydrogen (secondary N) is 1. The Balaban J connectivity index is 1.66. The Kier molecular flexibility index (Phi) is 5.58. The lowest BCUT2D eigenvalue weighted by atomic mass is 10.1. The number of carbonyl (C=O) groups is 1. The number of ether oxygens (including phenoxy) is 2. The van der Waals surface area contributed by atoms with Crippen molar-refractivity contribution in [1.82, 2.24) is 5.16 Å². The van der Waals surface area contributed by atoms with Gasteiger partial charge in [-0.1, -0.05) is 33.2 Å². The molecule has 0 aliphatic rings. The predicted octanol–water partition coefficient (Wildman–Crippen LogP) is 4.42. The van der Waals surface area contributed by atoms with Gasteiger partial charge < -0.3 is 19.3 Å². The van der Waals surface area contributed by atoms with Crippen LogP contribution >= 0.6 is 15.9 Å². The summed E-state index contributed by atoms with van der Waals surface area (Å²) in [6, 6.07) is 14.5. The van der Waals surface area contributed by atoms with Gasteiger partial charge in [0.05, 0.1) is 20.8 Å². The summed E-state index contributed by atoms with van der Waals surface area (Å²) in [6.07, 6.45) is 0. The van der Waals surface area contributed by atoms with E-state index in [4.69, 9.17) is 14.0 Å². The minimum atomic E-state index is -0.104. The van der Waals surface area contributed by atoms with E-state index in [1.54, 1.807) is 31.4 Å². The molecule has 0 saturated heterocycles. The van der Waals surface area contributed by atoms with Crippen LogP contribution < -0.4 is 14.8 Å². The Labute approximate surface area is 159 Å². The smallest absolute Gasteiger partial charge is 0.225 e. The minimum Gasteiger partial charge on any atom is -0.493 e. The van der Waals surface area contributed by atoms with Gasteiger partial charge in [-0.2, -0.15) is 0 Å². The Morgan fingerprint density at radius 2 is 1.81 bits per heavy atom. The number of hydrogen-bond donors (Lipinski definition) is 1. The fourth-order valence-electron chi connectivity index (χ4n) is 2.39. The van der Waals surface area contributed by atoms with Crippen molar-refractivity contribution in [2.75, 3.05) is 26.1 Å². The van der Waals surface area contributed by atoms with Gasteiger partial charge in [0.2, 0.25) is 5.88 Å². The topological polar surface area (TPSA) is 73.6 Å². The van der Waals surface area contributed by atoms with Crippen LogP contribution in [0.1, 0.15) is 10.4 Å². The van der Waals surface area contributed by atoms with Crippen LogP contribution in [0.2, 0.25) is 0 Å². The first-order chi connectivity index (χ1) is 12.6. The summed E-state index contributed by atoms with van der Waals surface area (Å²) >= 11 is 3.39. The molecule has 3 aromatic rings. The number of nitrogens with zero attached hydrogens (tertiary/aromatic N) is 1. The number of halogens is 1. The zero-order chi connectivity index (χ0) is 18.5. The van der Waals surface area contributed by atoms with Crippen molar-refractivity contribution >= 4 is 27.6 Å². The minimum absolute atomic E-state index is 0.0739. The molecule has 1 heterocycles. The first-order valence-electron chi connectivity index (χ1n) is 7.82. The number of ketones is 1. The van der Waals surface area contributed by atoms with Crippen LogP contribution in [0, 0.1) is 0 Å². The van der Waals surface area contributed by atoms with E-state index in [2.05, 4.69) is 26.4 Å². The highest BCUT2D eigenvalue weighted by Crippen LogP contribution is 2.28. The van der Waals surface area contributed by atoms with Crippen molar-refractivity contribution in [3.05, 3.63) is 58.6 Å². The average Bonchev–Trinajstić information content (AvgIpc) is 3.15. The molecule has 0 fully saturated rings. The average molecular weight is 417 g/mol. The van der Waals surface area contributed by atoms with E-state index in [-0.39, 0.29) is 12.3 Å². The molecule has 2 aromatic carbocycles. The van der Waals surface area contributed by atoms with Crippen molar-refractivity contribution in [2.24, 2.45) is 0 Å². The van der Waals surface area contributed by atoms with Crippen LogP contribution in [0.25, 0.3) is 11.3 Å². The van der Waals surface area contributed by atoms with Gasteiger partial charge >= 0.3 is 0 Å². The lowest BCUT2D eigenvalue weighted by Crippen LogP contribution is -2.13. The van der Waals surface area contributed by atoms with Gasteiger partial charge in [0.25, 0.3) is 0 Å². The molecule has 0 unspecified atom stereocenters. The number of carbonyl (C=O) groups excluding carboxylic acids is 1. The van der Waals surface area contributed by atoms with Gasteiger partial charge in [0, 0.05) is 21.7 Å². The monoisotopic (exact) mass is 416 g/mol. The van der Waals surface area contributed by atoms with E-state index in [1.165, 1.54) is 7.11 Å². The number of aromatic nitrogens is 1. The second-order valence-electron chi connectivity index (χ2n) is 5.43. The summed E-state index contributed by atoms with van der Waals surface area (Å²) in [5.74, 6) is 1.41. The van der Waals surface area contributed by atoms with E-state index in [0.717, 1.165) is 10.0 Å². The number of hydrogen-bond acceptors (Lipinski definition) is 6. The molecule has 0 aliphatic carbocycles. The van der Waals surface area contributed by atoms with Gasteiger partial charge in [-0.05, 0) is 30.3 Å². The number of benzene rings is 2. The molecule has 1 aromatic heterocycles. The van der Waals surface area contributed by atoms with E-state index in [0.29, 0.717) is 28.6 Å². The second-order valence-corrected chi connectivity index (χ2v) is 6.35. The van der Waals surface area contributed by atoms with Crippen LogP contribution in [0.5, 0.6) is 11.5 Å². The predicted molar refractivity (Wildman–Crippen MR) is 102 cm³/mol. The highest BCUT2D eigenvalue weighted by molar-refractivity contribution is 9.10. The van der Waals surface area contributed by atoms with E-state index in [1.807, 2.05) is 24.3 Å². The lowest BCUT2D eigenvalue weighted by molar-refractivity contribution is 0.100. The summed E-state index contributed by atoms with van der Waals surface area (Å²) in [7, 11) is 3.08. The fourth-order valence-corrected chi connectivity index (χ4v) is 2.66. The molecule has 0 saturated carbocycles. The van der Waals surface area contributed by atoms with Crippen molar-refractivity contribution in [3.63, 3.8) is 0 Å². The summed E-state index contributed by atoms with van der Waals surface area (Å²) in [5, 5.41) is 6.97. The second kappa shape index (κ2) is 8.05. The maximum absolute atomic E-state index is 12.4. The van der Waals surface area contributed by atoms with Crippen molar-refractivity contribution in [3.8, 4) is 22.8 Å². The van der Waals surface area contributed by atoms with Gasteiger partial charge in [-0.15, -0.1) is 0 Å². The summed E-state index contributed by atoms with van der Waals surface area (Å²) in [6.45, 7) is 0.0739. The van der Waals surface area contributed by atoms with Crippen molar-refractivity contribution in [1.29, 1.82) is 0 Å². The molecule has 0 bridgehead atoms. The molecule has 3 rings (SSSR count). The van der Waals surface area contributed by atoms with Gasteiger partial charge in [0.1, 0.15) is 5.69 Å². The van der Waals surface area contributed by atoms with Crippen LogP contribution in [-0.4, -0.2) is 31.7 Å². The third-order valence-electron chi connectivity index (χ3n) is 3.78. The summed E-state index contributed by atoms with van der Waals surface area (Å²) < 4.78 is 16.6. The molecule has 0 radical (unpaired) electrons. The molecular formula is C19H17BrN2O4. The van der Waals surface area contributed by atoms with E-state index < -0.39 is 0 Å². The Morgan fingerprint density at radius 1 is 1.08 bits per heavy atom. The van der Waals surface area contributed by atoms with Crippen LogP contribution in [0.4, 0.5) is 5.88 Å². The molecule has 0 spiro atoms. The number of methoxy groups -OCH3 is 2. The molecule has 0 aliphatic heterocycles. The molecule has 0 amide bonds. The quantitative estimate of drug-likeness (QED) is 0.574. The molecule has 7 heteroatoms. The molecular weight excluding hydrogens is 400 g/mol. The molecule has 6 nitrogen and oxygen atoms in total. The molecule has 1 N–H and O–H groups in total. The van der Waals surface area contributed by atoms with Crippen LogP contribution in [-0.2, 0) is 0 Å². The molecule has 0 atom stereocenters. The third kappa shape index (κ3) is 4.05. The Morgan fingerprint density at radius 3 is 2.50 bits per heavy atom. The largest absolute Gasteiger partial charge is 0.493 e. The fraction of sp³-hybridized carbons (Fsp3) is 0.158. The van der Waals surface area contributed by atoms with Crippen LogP contribution in [0.3, 0.4) is 0 Å². The van der Waals surface area contributed by atoms with Crippen molar-refractivity contribution < 1.29 is 18.8 Å². The standard InChI is InChI=1S/C19H17BrN2O4/c1-24-17-8-5-13(9-18(17)25-2)16(23)11-21-19-10-15(22-26-19)12-3-6-14(20)7-4-12/h3-10,21H,11H2,1-2H3. The Bertz CT molecular complexity index is 906. The zero-order valence-electron chi connectivity index (χ0n) is 14.3. The Hall–Kier alpha value is -2.80. The normalized spacial score (nSPS) is 10.4. The maximum Gasteiger partial charge on any atom is 0.225 e. The maximum atomic E-state index is 12.4. The van der Waals surface area contributed by atoms with Gasteiger partial charge in [-0.3, -0.25) is 4.79 Å². The summed E-state index contributed by atoms with van der Waals surface area (Å²) in [5.41, 5.74) is 2.14. The number of rotatable bonds is 7. The number of Topliss-reactive ketones (excluding diaryl/α,β-unsaturated/α-hetero) is 1. The highest BCUT2D eigenvalue weighted by Gasteiger charge is 2.12. The number of anilines is 1. The third-order valence-corrected chi connectivity index (χ3v) is 4.31.